The molecule has 0 aliphatic rings. The van der Waals surface area contributed by atoms with Crippen LogP contribution in [0.4, 0.5) is 17.6 Å². The van der Waals surface area contributed by atoms with Crippen molar-refractivity contribution in [2.24, 2.45) is 0 Å². The van der Waals surface area contributed by atoms with Gasteiger partial charge >= 0.3 is 12.1 Å². The third-order valence-electron chi connectivity index (χ3n) is 2.60. The predicted octanol–water partition coefficient (Wildman–Crippen LogP) is 3.13. The van der Waals surface area contributed by atoms with E-state index in [4.69, 9.17) is 4.42 Å². The molecule has 112 valence electrons. The normalized spacial score (nSPS) is 11.7. The monoisotopic (exact) mass is 304 g/mol. The van der Waals surface area contributed by atoms with Crippen molar-refractivity contribution in [1.82, 2.24) is 0 Å². The maximum atomic E-state index is 13.4. The lowest BCUT2D eigenvalue weighted by Crippen LogP contribution is -2.13. The van der Waals surface area contributed by atoms with Crippen LogP contribution in [0.25, 0.3) is 11.0 Å². The molecule has 1 aromatic heterocycles. The fourth-order valence-corrected chi connectivity index (χ4v) is 1.70. The Kier molecular flexibility index (Phi) is 3.71. The smallest absolute Gasteiger partial charge is 0.419 e. The van der Waals surface area contributed by atoms with Crippen LogP contribution in [0.3, 0.4) is 0 Å². The third-order valence-corrected chi connectivity index (χ3v) is 2.60. The van der Waals surface area contributed by atoms with Gasteiger partial charge in [0, 0.05) is 12.1 Å². The number of fused-ring (bicyclic) bond motifs is 1. The molecule has 0 bridgehead atoms. The molecular formula is C13H8F4O4. The number of rotatable bonds is 2. The van der Waals surface area contributed by atoms with Crippen molar-refractivity contribution >= 4 is 16.9 Å². The zero-order chi connectivity index (χ0) is 15.8. The molecule has 0 radical (unpaired) electrons. The first kappa shape index (κ1) is 15.0. The largest absolute Gasteiger partial charge is 0.460 e. The van der Waals surface area contributed by atoms with Gasteiger partial charge in [-0.3, -0.25) is 4.79 Å². The van der Waals surface area contributed by atoms with Crippen LogP contribution in [-0.2, 0) is 10.9 Å². The number of alkyl halides is 3. The Morgan fingerprint density at radius 3 is 2.52 bits per heavy atom. The summed E-state index contributed by atoms with van der Waals surface area (Å²) in [6.45, 7) is 1.54. The molecule has 4 nitrogen and oxygen atoms in total. The van der Waals surface area contributed by atoms with Crippen molar-refractivity contribution in [3.05, 3.63) is 45.6 Å². The van der Waals surface area contributed by atoms with Gasteiger partial charge in [-0.2, -0.15) is 13.2 Å². The van der Waals surface area contributed by atoms with E-state index in [-0.39, 0.29) is 6.61 Å². The van der Waals surface area contributed by atoms with Crippen molar-refractivity contribution in [2.45, 2.75) is 13.1 Å². The highest BCUT2D eigenvalue weighted by Crippen LogP contribution is 2.33. The van der Waals surface area contributed by atoms with Crippen molar-refractivity contribution in [3.63, 3.8) is 0 Å². The Balaban J connectivity index is 2.68. The van der Waals surface area contributed by atoms with Gasteiger partial charge in [-0.05, 0) is 13.0 Å². The summed E-state index contributed by atoms with van der Waals surface area (Å²) in [6, 6.07) is 1.48. The number of ether oxygens (including phenoxy) is 1. The van der Waals surface area contributed by atoms with E-state index in [9.17, 15) is 27.2 Å². The Morgan fingerprint density at radius 1 is 1.29 bits per heavy atom. The van der Waals surface area contributed by atoms with Crippen molar-refractivity contribution in [1.29, 1.82) is 0 Å². The van der Waals surface area contributed by atoms with Crippen LogP contribution in [0.1, 0.15) is 23.0 Å². The standard InChI is InChI=1S/C13H8F4O4/c1-2-20-12(19)11-5-9(18)6-3-7(13(15,16)17)8(14)4-10(6)21-11/h3-5H,2H2,1H3. The average molecular weight is 304 g/mol. The van der Waals surface area contributed by atoms with Gasteiger partial charge in [0.2, 0.25) is 5.76 Å². The number of hydrogen-bond donors (Lipinski definition) is 0. The van der Waals surface area contributed by atoms with Crippen LogP contribution in [0.15, 0.2) is 27.4 Å². The molecule has 0 aliphatic carbocycles. The molecule has 1 heterocycles. The third kappa shape index (κ3) is 2.88. The van der Waals surface area contributed by atoms with E-state index >= 15 is 0 Å². The summed E-state index contributed by atoms with van der Waals surface area (Å²) in [7, 11) is 0. The first-order chi connectivity index (χ1) is 9.74. The van der Waals surface area contributed by atoms with Crippen molar-refractivity contribution in [3.8, 4) is 0 Å². The Morgan fingerprint density at radius 2 is 1.95 bits per heavy atom. The second kappa shape index (κ2) is 5.19. The van der Waals surface area contributed by atoms with Crippen LogP contribution in [-0.4, -0.2) is 12.6 Å². The fraction of sp³-hybridized carbons (Fsp3) is 0.231. The molecule has 0 spiro atoms. The van der Waals surface area contributed by atoms with Crippen LogP contribution in [0, 0.1) is 5.82 Å². The molecule has 1 aromatic carbocycles. The van der Waals surface area contributed by atoms with Gasteiger partial charge in [0.1, 0.15) is 11.4 Å². The topological polar surface area (TPSA) is 56.5 Å². The maximum absolute atomic E-state index is 13.4. The quantitative estimate of drug-likeness (QED) is 0.632. The summed E-state index contributed by atoms with van der Waals surface area (Å²) >= 11 is 0. The second-order valence-electron chi connectivity index (χ2n) is 4.02. The van der Waals surface area contributed by atoms with Gasteiger partial charge in [0.25, 0.3) is 0 Å². The number of hydrogen-bond acceptors (Lipinski definition) is 4. The fourth-order valence-electron chi connectivity index (χ4n) is 1.70. The SMILES string of the molecule is CCOC(=O)c1cc(=O)c2cc(C(F)(F)F)c(F)cc2o1. The Hall–Kier alpha value is -2.38. The molecule has 2 aromatic rings. The molecule has 0 N–H and O–H groups in total. The van der Waals surface area contributed by atoms with Crippen LogP contribution >= 0.6 is 0 Å². The first-order valence-corrected chi connectivity index (χ1v) is 5.75. The van der Waals surface area contributed by atoms with Crippen LogP contribution in [0.5, 0.6) is 0 Å². The highest BCUT2D eigenvalue weighted by molar-refractivity contribution is 5.89. The molecule has 0 atom stereocenters. The molecule has 21 heavy (non-hydrogen) atoms. The molecule has 0 saturated heterocycles. The van der Waals surface area contributed by atoms with E-state index in [2.05, 4.69) is 4.74 Å². The van der Waals surface area contributed by atoms with Gasteiger partial charge in [-0.15, -0.1) is 0 Å². The minimum absolute atomic E-state index is 0.0158. The summed E-state index contributed by atoms with van der Waals surface area (Å²) in [5, 5.41) is -0.475. The van der Waals surface area contributed by atoms with E-state index in [0.29, 0.717) is 18.2 Å². The van der Waals surface area contributed by atoms with Gasteiger partial charge in [-0.25, -0.2) is 9.18 Å². The van der Waals surface area contributed by atoms with E-state index in [1.165, 1.54) is 6.92 Å². The summed E-state index contributed by atoms with van der Waals surface area (Å²) in [4.78, 5) is 23.2. The van der Waals surface area contributed by atoms with Gasteiger partial charge < -0.3 is 9.15 Å². The minimum Gasteiger partial charge on any atom is -0.460 e. The zero-order valence-electron chi connectivity index (χ0n) is 10.6. The summed E-state index contributed by atoms with van der Waals surface area (Å²) in [6.07, 6.45) is -4.94. The highest BCUT2D eigenvalue weighted by Gasteiger charge is 2.35. The number of carbonyl (C=O) groups excluding carboxylic acids is 1. The van der Waals surface area contributed by atoms with Gasteiger partial charge in [0.15, 0.2) is 5.43 Å². The van der Waals surface area contributed by atoms with Crippen LogP contribution < -0.4 is 5.43 Å². The Bertz CT molecular complexity index is 761. The first-order valence-electron chi connectivity index (χ1n) is 5.75. The maximum Gasteiger partial charge on any atom is 0.419 e. The van der Waals surface area contributed by atoms with E-state index in [0.717, 1.165) is 0 Å². The van der Waals surface area contributed by atoms with Gasteiger partial charge in [-0.1, -0.05) is 0 Å². The van der Waals surface area contributed by atoms with E-state index < -0.39 is 45.7 Å². The van der Waals surface area contributed by atoms with Crippen molar-refractivity contribution in [2.75, 3.05) is 6.61 Å². The molecular weight excluding hydrogens is 296 g/mol. The number of esters is 1. The van der Waals surface area contributed by atoms with E-state index in [1.807, 2.05) is 0 Å². The number of carbonyl (C=O) groups is 1. The molecule has 0 unspecified atom stereocenters. The van der Waals surface area contributed by atoms with Crippen molar-refractivity contribution < 1.29 is 31.5 Å². The predicted molar refractivity (Wildman–Crippen MR) is 63.4 cm³/mol. The van der Waals surface area contributed by atoms with Crippen LogP contribution in [0.2, 0.25) is 0 Å². The highest BCUT2D eigenvalue weighted by atomic mass is 19.4. The van der Waals surface area contributed by atoms with Gasteiger partial charge in [0.05, 0.1) is 17.6 Å². The molecule has 8 heteroatoms. The zero-order valence-corrected chi connectivity index (χ0v) is 10.6. The summed E-state index contributed by atoms with van der Waals surface area (Å²) < 4.78 is 60.7. The summed E-state index contributed by atoms with van der Waals surface area (Å²) in [5.41, 5.74) is -2.94. The Labute approximate surface area is 114 Å². The molecule has 0 saturated carbocycles. The average Bonchev–Trinajstić information content (AvgIpc) is 2.36. The number of halogens is 4. The van der Waals surface area contributed by atoms with E-state index in [1.54, 1.807) is 0 Å². The molecule has 0 aliphatic heterocycles. The lowest BCUT2D eigenvalue weighted by molar-refractivity contribution is -0.139. The molecule has 0 fully saturated rings. The molecule has 0 amide bonds. The number of benzene rings is 1. The minimum atomic E-state index is -4.94. The lowest BCUT2D eigenvalue weighted by atomic mass is 10.1. The molecule has 2 rings (SSSR count). The summed E-state index contributed by atoms with van der Waals surface area (Å²) in [5.74, 6) is -3.07. The second-order valence-corrected chi connectivity index (χ2v) is 4.02. The lowest BCUT2D eigenvalue weighted by Gasteiger charge is -2.09.